The van der Waals surface area contributed by atoms with E-state index in [-0.39, 0.29) is 34.7 Å². The summed E-state index contributed by atoms with van der Waals surface area (Å²) in [6, 6.07) is 78.6. The molecule has 0 radical (unpaired) electrons. The predicted molar refractivity (Wildman–Crippen MR) is 324 cm³/mol. The third-order valence-electron chi connectivity index (χ3n) is 15.4. The van der Waals surface area contributed by atoms with Crippen molar-refractivity contribution in [2.45, 2.75) is 22.1 Å². The standard InChI is InChI=1S/C58H44N6O2.2C7H7.Zr/c1-35-29-45(55(65)53(31-35)63-49-25-13-9-21-41(49)42-22-10-14-26-50(42)63)37-17-5-7-19-39(37)47-33-61(3)57(59-47)58-60-48(34-62(58)4)40-20-8-6-18-38(40)46-30-36(2)32-54(56(46)66)64-51-27-15-11-23-43(51)44-24-12-16-28-52(44)64;2*1-7-5-3-2-4-6-7;/h5-34,65-66H,1-4H3;2*2-6H,1H2;/q;;;+2/p-2. The van der Waals surface area contributed by atoms with Gasteiger partial charge in [0.1, 0.15) is 0 Å². The van der Waals surface area contributed by atoms with E-state index in [1.807, 2.05) is 171 Å². The zero-order valence-corrected chi connectivity index (χ0v) is 48.0. The van der Waals surface area contributed by atoms with Crippen LogP contribution in [0.25, 0.3) is 111 Å². The Morgan fingerprint density at radius 2 is 0.667 bits per heavy atom. The van der Waals surface area contributed by atoms with Gasteiger partial charge < -0.3 is 28.5 Å². The average molecular weight is 1130 g/mol. The number of aryl methyl sites for hydroxylation is 4. The Labute approximate surface area is 482 Å². The molecule has 4 aromatic heterocycles. The molecule has 14 aromatic rings. The van der Waals surface area contributed by atoms with Gasteiger partial charge in [-0.2, -0.15) is 0 Å². The van der Waals surface area contributed by atoms with Crippen LogP contribution in [0.3, 0.4) is 0 Å². The fraction of sp³-hybridized carbons (Fsp3) is 0.0833. The van der Waals surface area contributed by atoms with Gasteiger partial charge in [-0.25, -0.2) is 9.97 Å². The van der Waals surface area contributed by atoms with Crippen molar-refractivity contribution >= 4 is 43.6 Å². The van der Waals surface area contributed by atoms with E-state index in [0.717, 1.165) is 88.4 Å². The molecule has 14 rings (SSSR count). The Balaban J connectivity index is 0.000000357. The summed E-state index contributed by atoms with van der Waals surface area (Å²) in [5, 5.41) is 34.1. The van der Waals surface area contributed by atoms with Crippen molar-refractivity contribution < 1.29 is 33.4 Å². The van der Waals surface area contributed by atoms with Crippen molar-refractivity contribution in [3.8, 4) is 79.3 Å². The Kier molecular flexibility index (Phi) is 13.7. The van der Waals surface area contributed by atoms with E-state index < -0.39 is 0 Å². The summed E-state index contributed by atoms with van der Waals surface area (Å²) < 4.78 is 10.9. The van der Waals surface area contributed by atoms with Gasteiger partial charge in [0.25, 0.3) is 0 Å². The molecule has 0 saturated carbocycles. The molecule has 0 amide bonds. The van der Waals surface area contributed by atoms with Gasteiger partial charge in [0.2, 0.25) is 0 Å². The fourth-order valence-corrected chi connectivity index (χ4v) is 14.5. The van der Waals surface area contributed by atoms with Crippen molar-refractivity contribution in [2.75, 3.05) is 0 Å². The minimum absolute atomic E-state index is 0.0554. The first-order valence-electron chi connectivity index (χ1n) is 27.3. The molecule has 0 bridgehead atoms. The molecule has 9 heteroatoms. The van der Waals surface area contributed by atoms with Crippen molar-refractivity contribution in [3.05, 3.63) is 265 Å². The van der Waals surface area contributed by atoms with E-state index in [0.29, 0.717) is 34.2 Å². The van der Waals surface area contributed by atoms with Crippen LogP contribution < -0.4 is 10.2 Å². The molecule has 8 nitrogen and oxygen atoms in total. The van der Waals surface area contributed by atoms with Crippen LogP contribution >= 0.6 is 0 Å². The molecular weight excluding hydrogens is 1070 g/mol. The molecule has 0 fully saturated rings. The van der Waals surface area contributed by atoms with Crippen LogP contribution in [0.2, 0.25) is 0 Å². The monoisotopic (exact) mass is 1130 g/mol. The summed E-state index contributed by atoms with van der Waals surface area (Å²) in [5.41, 5.74) is 16.1. The topological polar surface area (TPSA) is 91.6 Å². The fourth-order valence-electron chi connectivity index (χ4n) is 11.6. The van der Waals surface area contributed by atoms with Crippen LogP contribution in [-0.2, 0) is 45.6 Å². The van der Waals surface area contributed by atoms with Crippen molar-refractivity contribution in [2.24, 2.45) is 14.1 Å². The number of fused-ring (bicyclic) bond motifs is 6. The molecule has 0 saturated heterocycles. The van der Waals surface area contributed by atoms with Crippen molar-refractivity contribution in [1.82, 2.24) is 28.2 Å². The summed E-state index contributed by atoms with van der Waals surface area (Å²) in [5.74, 6) is 1.22. The van der Waals surface area contributed by atoms with Crippen molar-refractivity contribution in [1.29, 1.82) is 0 Å². The van der Waals surface area contributed by atoms with E-state index in [9.17, 15) is 10.2 Å². The second-order valence-electron chi connectivity index (χ2n) is 20.8. The Morgan fingerprint density at radius 1 is 0.358 bits per heavy atom. The predicted octanol–water partition coefficient (Wildman–Crippen LogP) is 15.9. The van der Waals surface area contributed by atoms with Crippen LogP contribution in [0.5, 0.6) is 11.5 Å². The van der Waals surface area contributed by atoms with Gasteiger partial charge in [-0.3, -0.25) is 0 Å². The second kappa shape index (κ2) is 21.7. The van der Waals surface area contributed by atoms with Gasteiger partial charge in [0, 0.05) is 70.5 Å². The normalized spacial score (nSPS) is 11.4. The zero-order chi connectivity index (χ0) is 55.1. The van der Waals surface area contributed by atoms with Crippen molar-refractivity contribution in [3.63, 3.8) is 0 Å². The molecule has 0 atom stereocenters. The van der Waals surface area contributed by atoms with E-state index >= 15 is 0 Å². The van der Waals surface area contributed by atoms with Gasteiger partial charge in [-0.05, 0) is 83.6 Å². The van der Waals surface area contributed by atoms with Crippen LogP contribution in [0.15, 0.2) is 243 Å². The average Bonchev–Trinajstić information content (AvgIpc) is 4.39. The summed E-state index contributed by atoms with van der Waals surface area (Å²) >= 11 is -0.258. The number of para-hydroxylation sites is 4. The summed E-state index contributed by atoms with van der Waals surface area (Å²) in [7, 11) is 3.94. The van der Waals surface area contributed by atoms with Gasteiger partial charge in [0.05, 0.1) is 33.5 Å². The summed E-state index contributed by atoms with van der Waals surface area (Å²) in [6.45, 7) is 4.08. The number of aromatic nitrogens is 6. The third-order valence-corrected chi connectivity index (χ3v) is 18.6. The summed E-state index contributed by atoms with van der Waals surface area (Å²) in [4.78, 5) is 10.5. The maximum absolute atomic E-state index is 14.8. The van der Waals surface area contributed by atoms with Gasteiger partial charge in [0.15, 0.2) is 11.6 Å². The molecule has 0 N–H and O–H groups in total. The molecule has 81 heavy (non-hydrogen) atoms. The van der Waals surface area contributed by atoms with E-state index in [1.54, 1.807) is 0 Å². The molecule has 0 spiro atoms. The Bertz CT molecular complexity index is 4240. The zero-order valence-electron chi connectivity index (χ0n) is 45.5. The van der Waals surface area contributed by atoms with Gasteiger partial charge in [-0.15, -0.1) is 0 Å². The molecule has 0 aliphatic heterocycles. The van der Waals surface area contributed by atoms with Gasteiger partial charge >= 0.3 is 103 Å². The quantitative estimate of drug-likeness (QED) is 0.129. The SMILES string of the molecule is Cc1cc(-c2ccccc2-c2cn(C)c(-c3nc(-c4ccccc4-c4cc(C)cc(-n5c6ccccc6c6ccccc65)c4[O-])cn3C)n2)c([O-])c(-n2c3ccccc3c3ccccc32)c1.c1ccc([CH2][Zr+2][CH2]c2ccccc2)cc1. The Hall–Kier alpha value is -9.30. The Morgan fingerprint density at radius 3 is 1.02 bits per heavy atom. The molecule has 0 unspecified atom stereocenters. The third kappa shape index (κ3) is 9.57. The number of hydrogen-bond donors (Lipinski definition) is 0. The molecule has 0 aliphatic carbocycles. The minimum atomic E-state index is -0.258. The molecule has 390 valence electrons. The van der Waals surface area contributed by atoms with E-state index in [4.69, 9.17) is 9.97 Å². The van der Waals surface area contributed by atoms with Gasteiger partial charge in [-0.1, -0.05) is 145 Å². The molecule has 0 aliphatic rings. The number of imidazole rings is 2. The van der Waals surface area contributed by atoms with Crippen LogP contribution in [0, 0.1) is 13.8 Å². The number of nitrogens with zero attached hydrogens (tertiary/aromatic N) is 6. The summed E-state index contributed by atoms with van der Waals surface area (Å²) in [6.07, 6.45) is 3.99. The number of hydrogen-bond acceptors (Lipinski definition) is 4. The molecule has 10 aromatic carbocycles. The second-order valence-corrected chi connectivity index (χ2v) is 23.8. The number of benzene rings is 10. The first-order chi connectivity index (χ1) is 39.7. The van der Waals surface area contributed by atoms with Crippen LogP contribution in [0.1, 0.15) is 22.3 Å². The number of rotatable bonds is 11. The van der Waals surface area contributed by atoms with Crippen LogP contribution in [-0.4, -0.2) is 28.2 Å². The van der Waals surface area contributed by atoms with E-state index in [2.05, 4.69) is 118 Å². The first kappa shape index (κ1) is 51.2. The van der Waals surface area contributed by atoms with E-state index in [1.165, 1.54) is 19.4 Å². The molecule has 4 heterocycles. The maximum atomic E-state index is 14.8. The van der Waals surface area contributed by atoms with Crippen LogP contribution in [0.4, 0.5) is 0 Å². The first-order valence-corrected chi connectivity index (χ1v) is 30.8. The molecular formula is C72H56N6O2Zr.